The van der Waals surface area contributed by atoms with Gasteiger partial charge in [0, 0.05) is 11.3 Å². The van der Waals surface area contributed by atoms with Crippen molar-refractivity contribution in [3.8, 4) is 11.3 Å². The summed E-state index contributed by atoms with van der Waals surface area (Å²) in [5, 5.41) is 3.10. The minimum Gasteiger partial charge on any atom is -0.439 e. The Balaban J connectivity index is 1.64. The number of aromatic nitrogens is 1. The molecule has 0 aliphatic rings. The monoisotopic (exact) mass is 334 g/mol. The van der Waals surface area contributed by atoms with Gasteiger partial charge in [0.05, 0.1) is 6.20 Å². The summed E-state index contributed by atoms with van der Waals surface area (Å²) in [4.78, 5) is 8.55. The molecule has 1 heterocycles. The maximum Gasteiger partial charge on any atom is 0.216 e. The summed E-state index contributed by atoms with van der Waals surface area (Å²) in [6.07, 6.45) is 1.70. The molecule has 0 bridgehead atoms. The average Bonchev–Trinajstić information content (AvgIpc) is 3.10. The molecule has 0 saturated carbocycles. The second-order valence-corrected chi connectivity index (χ2v) is 6.09. The third-order valence-corrected chi connectivity index (χ3v) is 3.82. The van der Waals surface area contributed by atoms with E-state index < -0.39 is 0 Å². The fourth-order valence-corrected chi connectivity index (χ4v) is 2.43. The molecule has 3 rings (SSSR count). The van der Waals surface area contributed by atoms with Crippen LogP contribution in [0.5, 0.6) is 0 Å². The van der Waals surface area contributed by atoms with Gasteiger partial charge in [0.2, 0.25) is 5.89 Å². The van der Waals surface area contributed by atoms with Crippen LogP contribution in [-0.4, -0.2) is 10.9 Å². The van der Waals surface area contributed by atoms with Crippen molar-refractivity contribution in [2.75, 3.05) is 5.32 Å². The molecule has 3 N–H and O–H groups in total. The third kappa shape index (κ3) is 4.47. The van der Waals surface area contributed by atoms with Crippen LogP contribution in [0.3, 0.4) is 0 Å². The zero-order valence-corrected chi connectivity index (χ0v) is 14.4. The zero-order valence-electron chi connectivity index (χ0n) is 14.4. The molecule has 0 fully saturated rings. The van der Waals surface area contributed by atoms with E-state index in [4.69, 9.17) is 10.2 Å². The number of rotatable bonds is 5. The van der Waals surface area contributed by atoms with Gasteiger partial charge in [-0.3, -0.25) is 0 Å². The molecule has 2 aromatic carbocycles. The Morgan fingerprint density at radius 1 is 1.16 bits per heavy atom. The van der Waals surface area contributed by atoms with Crippen molar-refractivity contribution in [2.24, 2.45) is 10.7 Å². The van der Waals surface area contributed by atoms with Crippen LogP contribution in [0.25, 0.3) is 11.3 Å². The minimum absolute atomic E-state index is 0.287. The first-order valence-electron chi connectivity index (χ1n) is 8.29. The number of anilines is 1. The third-order valence-electron chi connectivity index (χ3n) is 3.82. The van der Waals surface area contributed by atoms with Crippen LogP contribution in [0.4, 0.5) is 5.69 Å². The zero-order chi connectivity index (χ0) is 17.6. The van der Waals surface area contributed by atoms with Gasteiger partial charge < -0.3 is 15.5 Å². The van der Waals surface area contributed by atoms with Crippen LogP contribution in [0.1, 0.15) is 31.2 Å². The van der Waals surface area contributed by atoms with Gasteiger partial charge in [-0.1, -0.05) is 56.3 Å². The summed E-state index contributed by atoms with van der Waals surface area (Å²) < 4.78 is 5.72. The van der Waals surface area contributed by atoms with Crippen LogP contribution in [-0.2, 0) is 6.54 Å². The van der Waals surface area contributed by atoms with E-state index in [1.165, 1.54) is 5.56 Å². The van der Waals surface area contributed by atoms with E-state index in [-0.39, 0.29) is 6.54 Å². The van der Waals surface area contributed by atoms with Gasteiger partial charge in [-0.2, -0.15) is 0 Å². The molecule has 1 aromatic heterocycles. The lowest BCUT2D eigenvalue weighted by atomic mass is 10.0. The highest BCUT2D eigenvalue weighted by Gasteiger charge is 2.06. The number of nitrogens with one attached hydrogen (secondary N) is 1. The topological polar surface area (TPSA) is 76.4 Å². The molecule has 0 saturated heterocycles. The first-order chi connectivity index (χ1) is 12.1. The number of hydrogen-bond acceptors (Lipinski definition) is 3. The maximum atomic E-state index is 5.97. The summed E-state index contributed by atoms with van der Waals surface area (Å²) in [5.74, 6) is 2.05. The second-order valence-electron chi connectivity index (χ2n) is 6.09. The van der Waals surface area contributed by atoms with Crippen molar-refractivity contribution in [2.45, 2.75) is 26.3 Å². The van der Waals surface area contributed by atoms with Crippen LogP contribution >= 0.6 is 0 Å². The SMILES string of the molecule is CC(C)c1cccc(NC(N)=NCc2ncc(-c3ccccc3)o2)c1. The normalized spacial score (nSPS) is 11.7. The summed E-state index contributed by atoms with van der Waals surface area (Å²) in [6.45, 7) is 4.60. The molecule has 0 aliphatic heterocycles. The van der Waals surface area contributed by atoms with E-state index >= 15 is 0 Å². The van der Waals surface area contributed by atoms with Crippen molar-refractivity contribution >= 4 is 11.6 Å². The molecule has 0 aliphatic carbocycles. The van der Waals surface area contributed by atoms with Gasteiger partial charge in [0.1, 0.15) is 6.54 Å². The highest BCUT2D eigenvalue weighted by molar-refractivity contribution is 5.92. The number of guanidine groups is 1. The molecule has 128 valence electrons. The predicted molar refractivity (Wildman–Crippen MR) is 101 cm³/mol. The summed E-state index contributed by atoms with van der Waals surface area (Å²) >= 11 is 0. The van der Waals surface area contributed by atoms with Crippen LogP contribution in [0.15, 0.2) is 70.2 Å². The molecular formula is C20H22N4O. The molecule has 0 amide bonds. The van der Waals surface area contributed by atoms with E-state index in [2.05, 4.69) is 41.3 Å². The van der Waals surface area contributed by atoms with Crippen LogP contribution < -0.4 is 11.1 Å². The number of hydrogen-bond donors (Lipinski definition) is 2. The lowest BCUT2D eigenvalue weighted by Gasteiger charge is -2.09. The lowest BCUT2D eigenvalue weighted by Crippen LogP contribution is -2.22. The molecule has 5 nitrogen and oxygen atoms in total. The van der Waals surface area contributed by atoms with E-state index in [1.807, 2.05) is 42.5 Å². The smallest absolute Gasteiger partial charge is 0.216 e. The number of nitrogens with zero attached hydrogens (tertiary/aromatic N) is 2. The summed E-state index contributed by atoms with van der Waals surface area (Å²) in [5.41, 5.74) is 9.12. The molecular weight excluding hydrogens is 312 g/mol. The Morgan fingerprint density at radius 2 is 1.96 bits per heavy atom. The molecule has 0 spiro atoms. The van der Waals surface area contributed by atoms with Crippen molar-refractivity contribution in [1.29, 1.82) is 0 Å². The van der Waals surface area contributed by atoms with Crippen molar-refractivity contribution < 1.29 is 4.42 Å². The highest BCUT2D eigenvalue weighted by Crippen LogP contribution is 2.20. The van der Waals surface area contributed by atoms with Gasteiger partial charge in [-0.15, -0.1) is 0 Å². The standard InChI is InChI=1S/C20H22N4O/c1-14(2)16-9-6-10-17(11-16)24-20(21)23-13-19-22-12-18(25-19)15-7-4-3-5-8-15/h3-12,14H,13H2,1-2H3,(H3,21,23,24). The highest BCUT2D eigenvalue weighted by atomic mass is 16.4. The Morgan fingerprint density at radius 3 is 2.72 bits per heavy atom. The number of aliphatic imine (C=N–C) groups is 1. The first-order valence-corrected chi connectivity index (χ1v) is 8.29. The largest absolute Gasteiger partial charge is 0.439 e. The molecule has 5 heteroatoms. The molecule has 0 radical (unpaired) electrons. The average molecular weight is 334 g/mol. The Kier molecular flexibility index (Phi) is 5.14. The predicted octanol–water partition coefficient (Wildman–Crippen LogP) is 4.39. The molecule has 25 heavy (non-hydrogen) atoms. The Hall–Kier alpha value is -3.08. The number of nitrogens with two attached hydrogens (primary N) is 1. The van der Waals surface area contributed by atoms with Gasteiger partial charge in [-0.25, -0.2) is 9.98 Å². The van der Waals surface area contributed by atoms with Crippen LogP contribution in [0.2, 0.25) is 0 Å². The first kappa shape index (κ1) is 16.8. The number of oxazole rings is 1. The summed E-state index contributed by atoms with van der Waals surface area (Å²) in [7, 11) is 0. The van der Waals surface area contributed by atoms with Gasteiger partial charge in [-0.05, 0) is 23.6 Å². The van der Waals surface area contributed by atoms with Crippen LogP contribution in [0, 0.1) is 0 Å². The number of benzene rings is 2. The van der Waals surface area contributed by atoms with Crippen molar-refractivity contribution in [3.63, 3.8) is 0 Å². The van der Waals surface area contributed by atoms with Crippen molar-refractivity contribution in [3.05, 3.63) is 72.2 Å². The van der Waals surface area contributed by atoms with E-state index in [1.54, 1.807) is 6.20 Å². The summed E-state index contributed by atoms with van der Waals surface area (Å²) in [6, 6.07) is 18.0. The quantitative estimate of drug-likeness (QED) is 0.536. The van der Waals surface area contributed by atoms with Crippen molar-refractivity contribution in [1.82, 2.24) is 4.98 Å². The second kappa shape index (κ2) is 7.66. The molecule has 3 aromatic rings. The van der Waals surface area contributed by atoms with E-state index in [9.17, 15) is 0 Å². The van der Waals surface area contributed by atoms with E-state index in [0.29, 0.717) is 17.8 Å². The lowest BCUT2D eigenvalue weighted by molar-refractivity contribution is 0.510. The van der Waals surface area contributed by atoms with E-state index in [0.717, 1.165) is 17.0 Å². The van der Waals surface area contributed by atoms with Gasteiger partial charge >= 0.3 is 0 Å². The fraction of sp³-hybridized carbons (Fsp3) is 0.200. The maximum absolute atomic E-state index is 5.97. The molecule has 0 unspecified atom stereocenters. The molecule has 0 atom stereocenters. The van der Waals surface area contributed by atoms with Gasteiger partial charge in [0.15, 0.2) is 11.7 Å². The fourth-order valence-electron chi connectivity index (χ4n) is 2.43. The Bertz CT molecular complexity index is 853. The minimum atomic E-state index is 0.287. The Labute approximate surface area is 147 Å². The van der Waals surface area contributed by atoms with Gasteiger partial charge in [0.25, 0.3) is 0 Å².